The first-order valence-electron chi connectivity index (χ1n) is 11.1. The van der Waals surface area contributed by atoms with Crippen molar-refractivity contribution in [2.45, 2.75) is 65.6 Å². The summed E-state index contributed by atoms with van der Waals surface area (Å²) in [5.41, 5.74) is 2.21. The number of hydrogen-bond acceptors (Lipinski definition) is 4. The second-order valence-corrected chi connectivity index (χ2v) is 8.50. The van der Waals surface area contributed by atoms with Crippen molar-refractivity contribution in [3.63, 3.8) is 0 Å². The summed E-state index contributed by atoms with van der Waals surface area (Å²) in [6, 6.07) is 4.44. The summed E-state index contributed by atoms with van der Waals surface area (Å²) in [5, 5.41) is 6.88. The lowest BCUT2D eigenvalue weighted by atomic mass is 10.0. The molecular weight excluding hydrogens is 507 g/mol. The molecule has 7 nitrogen and oxygen atoms in total. The number of rotatable bonds is 6. The van der Waals surface area contributed by atoms with Crippen molar-refractivity contribution < 1.29 is 14.3 Å². The Labute approximate surface area is 203 Å². The van der Waals surface area contributed by atoms with Crippen LogP contribution >= 0.6 is 24.0 Å². The van der Waals surface area contributed by atoms with Gasteiger partial charge in [-0.25, -0.2) is 4.99 Å². The van der Waals surface area contributed by atoms with Crippen LogP contribution in [0.4, 0.5) is 0 Å². The molecule has 2 aliphatic rings. The average Bonchev–Trinajstić information content (AvgIpc) is 3.10. The first-order chi connectivity index (χ1) is 14.4. The van der Waals surface area contributed by atoms with E-state index < -0.39 is 0 Å². The van der Waals surface area contributed by atoms with Crippen LogP contribution in [0.3, 0.4) is 0 Å². The first-order valence-corrected chi connectivity index (χ1v) is 11.1. The third kappa shape index (κ3) is 6.63. The van der Waals surface area contributed by atoms with Gasteiger partial charge >= 0.3 is 0 Å². The van der Waals surface area contributed by atoms with Crippen LogP contribution < -0.4 is 20.1 Å². The molecule has 0 radical (unpaired) electrons. The van der Waals surface area contributed by atoms with E-state index in [1.165, 1.54) is 5.56 Å². The van der Waals surface area contributed by atoms with E-state index in [9.17, 15) is 4.79 Å². The highest BCUT2D eigenvalue weighted by Gasteiger charge is 2.25. The van der Waals surface area contributed by atoms with E-state index in [0.717, 1.165) is 61.9 Å². The zero-order valence-electron chi connectivity index (χ0n) is 19.4. The van der Waals surface area contributed by atoms with E-state index in [0.29, 0.717) is 12.6 Å². The number of carbonyl (C=O) groups is 1. The normalized spacial score (nSPS) is 18.8. The maximum Gasteiger partial charge on any atom is 0.225 e. The molecule has 0 aliphatic carbocycles. The van der Waals surface area contributed by atoms with Gasteiger partial charge in [-0.2, -0.15) is 0 Å². The average molecular weight is 544 g/mol. The number of benzene rings is 1. The number of piperidine rings is 1. The summed E-state index contributed by atoms with van der Waals surface area (Å²) < 4.78 is 11.5. The molecule has 1 aromatic carbocycles. The summed E-state index contributed by atoms with van der Waals surface area (Å²) in [4.78, 5) is 19.0. The smallest absolute Gasteiger partial charge is 0.225 e. The number of carbonyl (C=O) groups excluding carboxylic acids is 1. The Balaban J connectivity index is 0.00000341. The van der Waals surface area contributed by atoms with E-state index in [-0.39, 0.29) is 41.9 Å². The SMILES string of the molecule is CCNC(=NCc1cc2c(cc1OC)CC(C)O2)NC1CCN(C(=O)C(C)C)CC1.I. The van der Waals surface area contributed by atoms with Gasteiger partial charge in [0, 0.05) is 49.1 Å². The zero-order valence-corrected chi connectivity index (χ0v) is 21.7. The van der Waals surface area contributed by atoms with E-state index in [1.54, 1.807) is 7.11 Å². The number of methoxy groups -OCH3 is 1. The van der Waals surface area contributed by atoms with Gasteiger partial charge in [0.05, 0.1) is 13.7 Å². The maximum atomic E-state index is 12.2. The molecule has 1 unspecified atom stereocenters. The summed E-state index contributed by atoms with van der Waals surface area (Å²) in [7, 11) is 1.70. The number of aliphatic imine (C=N–C) groups is 1. The Kier molecular flexibility index (Phi) is 9.71. The van der Waals surface area contributed by atoms with Gasteiger partial charge in [-0.05, 0) is 38.8 Å². The molecule has 2 heterocycles. The highest BCUT2D eigenvalue weighted by Crippen LogP contribution is 2.35. The third-order valence-electron chi connectivity index (χ3n) is 5.69. The molecule has 3 rings (SSSR count). The summed E-state index contributed by atoms with van der Waals surface area (Å²) in [6.45, 7) is 10.9. The molecule has 1 fully saturated rings. The number of amides is 1. The summed E-state index contributed by atoms with van der Waals surface area (Å²) >= 11 is 0. The number of halogens is 1. The molecule has 1 amide bonds. The minimum atomic E-state index is 0. The Hall–Kier alpha value is -1.71. The van der Waals surface area contributed by atoms with Gasteiger partial charge < -0.3 is 25.0 Å². The van der Waals surface area contributed by atoms with Crippen LogP contribution in [-0.2, 0) is 17.8 Å². The Morgan fingerprint density at radius 1 is 1.32 bits per heavy atom. The molecule has 1 saturated heterocycles. The van der Waals surface area contributed by atoms with E-state index in [2.05, 4.69) is 36.6 Å². The van der Waals surface area contributed by atoms with Gasteiger partial charge in [0.2, 0.25) is 5.91 Å². The molecule has 0 spiro atoms. The Bertz CT molecular complexity index is 776. The number of fused-ring (bicyclic) bond motifs is 1. The van der Waals surface area contributed by atoms with Gasteiger partial charge in [0.25, 0.3) is 0 Å². The largest absolute Gasteiger partial charge is 0.496 e. The second kappa shape index (κ2) is 11.8. The standard InChI is InChI=1S/C23H36N4O3.HI/c1-6-24-23(26-19-7-9-27(10-8-19)22(28)15(2)3)25-14-18-13-21-17(11-16(4)30-21)12-20(18)29-5;/h12-13,15-16,19H,6-11,14H2,1-5H3,(H2,24,25,26);1H. The first kappa shape index (κ1) is 25.5. The lowest BCUT2D eigenvalue weighted by Crippen LogP contribution is -2.50. The van der Waals surface area contributed by atoms with Gasteiger partial charge in [-0.1, -0.05) is 13.8 Å². The fourth-order valence-corrected chi connectivity index (χ4v) is 4.08. The zero-order chi connectivity index (χ0) is 21.7. The molecule has 174 valence electrons. The molecule has 31 heavy (non-hydrogen) atoms. The van der Waals surface area contributed by atoms with Crippen molar-refractivity contribution in [1.82, 2.24) is 15.5 Å². The Morgan fingerprint density at radius 3 is 2.65 bits per heavy atom. The van der Waals surface area contributed by atoms with Crippen LogP contribution in [0.25, 0.3) is 0 Å². The van der Waals surface area contributed by atoms with Crippen molar-refractivity contribution in [3.05, 3.63) is 23.3 Å². The van der Waals surface area contributed by atoms with Crippen molar-refractivity contribution in [1.29, 1.82) is 0 Å². The van der Waals surface area contributed by atoms with Crippen LogP contribution in [0, 0.1) is 5.92 Å². The van der Waals surface area contributed by atoms with E-state index in [1.807, 2.05) is 18.7 Å². The lowest BCUT2D eigenvalue weighted by Gasteiger charge is -2.34. The highest BCUT2D eigenvalue weighted by molar-refractivity contribution is 14.0. The molecule has 0 aromatic heterocycles. The number of ether oxygens (including phenoxy) is 2. The third-order valence-corrected chi connectivity index (χ3v) is 5.69. The fraction of sp³-hybridized carbons (Fsp3) is 0.652. The molecule has 2 aliphatic heterocycles. The molecule has 8 heteroatoms. The molecule has 0 bridgehead atoms. The predicted octanol–water partition coefficient (Wildman–Crippen LogP) is 3.34. The molecule has 0 saturated carbocycles. The van der Waals surface area contributed by atoms with Gasteiger partial charge in [-0.3, -0.25) is 4.79 Å². The molecule has 1 aromatic rings. The van der Waals surface area contributed by atoms with Gasteiger partial charge in [0.1, 0.15) is 17.6 Å². The van der Waals surface area contributed by atoms with E-state index in [4.69, 9.17) is 14.5 Å². The topological polar surface area (TPSA) is 75.2 Å². The highest BCUT2D eigenvalue weighted by atomic mass is 127. The predicted molar refractivity (Wildman–Crippen MR) is 135 cm³/mol. The van der Waals surface area contributed by atoms with Gasteiger partial charge in [-0.15, -0.1) is 24.0 Å². The summed E-state index contributed by atoms with van der Waals surface area (Å²) in [5.74, 6) is 2.89. The summed E-state index contributed by atoms with van der Waals surface area (Å²) in [6.07, 6.45) is 2.97. The van der Waals surface area contributed by atoms with Crippen molar-refractivity contribution >= 4 is 35.8 Å². The lowest BCUT2D eigenvalue weighted by molar-refractivity contribution is -0.135. The second-order valence-electron chi connectivity index (χ2n) is 8.50. The van der Waals surface area contributed by atoms with Gasteiger partial charge in [0.15, 0.2) is 5.96 Å². The number of likely N-dealkylation sites (tertiary alicyclic amines) is 1. The minimum Gasteiger partial charge on any atom is -0.496 e. The quantitative estimate of drug-likeness (QED) is 0.327. The molecule has 1 atom stereocenters. The number of nitrogens with zero attached hydrogens (tertiary/aromatic N) is 2. The van der Waals surface area contributed by atoms with Crippen LogP contribution in [0.1, 0.15) is 51.7 Å². The minimum absolute atomic E-state index is 0. The van der Waals surface area contributed by atoms with Crippen molar-refractivity contribution in [3.8, 4) is 11.5 Å². The fourth-order valence-electron chi connectivity index (χ4n) is 4.08. The van der Waals surface area contributed by atoms with Crippen molar-refractivity contribution in [2.24, 2.45) is 10.9 Å². The molecule has 2 N–H and O–H groups in total. The number of nitrogens with one attached hydrogen (secondary N) is 2. The van der Waals surface area contributed by atoms with E-state index >= 15 is 0 Å². The molecular formula is C23H37IN4O3. The maximum absolute atomic E-state index is 12.2. The number of guanidine groups is 1. The van der Waals surface area contributed by atoms with Crippen LogP contribution in [-0.4, -0.2) is 55.7 Å². The van der Waals surface area contributed by atoms with Crippen LogP contribution in [0.2, 0.25) is 0 Å². The van der Waals surface area contributed by atoms with Crippen LogP contribution in [0.5, 0.6) is 11.5 Å². The van der Waals surface area contributed by atoms with Crippen LogP contribution in [0.15, 0.2) is 17.1 Å². The Morgan fingerprint density at radius 2 is 2.03 bits per heavy atom. The number of hydrogen-bond donors (Lipinski definition) is 2. The van der Waals surface area contributed by atoms with Crippen molar-refractivity contribution in [2.75, 3.05) is 26.7 Å². The monoisotopic (exact) mass is 544 g/mol.